The number of allylic oxidation sites excluding steroid dienone is 3. The third-order valence-corrected chi connectivity index (χ3v) is 4.28. The van der Waals surface area contributed by atoms with E-state index < -0.39 is 5.97 Å². The summed E-state index contributed by atoms with van der Waals surface area (Å²) in [4.78, 5) is 11.1. The summed E-state index contributed by atoms with van der Waals surface area (Å²) < 4.78 is 0. The summed E-state index contributed by atoms with van der Waals surface area (Å²) >= 11 is 0. The molecule has 1 saturated carbocycles. The second-order valence-electron chi connectivity index (χ2n) is 5.37. The predicted octanol–water partition coefficient (Wildman–Crippen LogP) is 3.57. The standard InChI is InChI=1S/C15H20O2/c1-9-4-6-12-10(2)5-7-13(14(12)8-9)11(3)15(16)17/h8,12-14H,2-7H2,1H3,(H,16,17). The average Bonchev–Trinajstić information content (AvgIpc) is 2.28. The van der Waals surface area contributed by atoms with Crippen molar-refractivity contribution in [1.82, 2.24) is 0 Å². The zero-order chi connectivity index (χ0) is 12.6. The highest BCUT2D eigenvalue weighted by Crippen LogP contribution is 2.46. The molecule has 3 unspecified atom stereocenters. The van der Waals surface area contributed by atoms with Crippen LogP contribution in [0.5, 0.6) is 0 Å². The summed E-state index contributed by atoms with van der Waals surface area (Å²) in [6.07, 6.45) is 6.33. The topological polar surface area (TPSA) is 37.3 Å². The summed E-state index contributed by atoms with van der Waals surface area (Å²) in [5.41, 5.74) is 3.05. The molecule has 2 nitrogen and oxygen atoms in total. The molecule has 0 aromatic carbocycles. The van der Waals surface area contributed by atoms with Crippen molar-refractivity contribution in [3.05, 3.63) is 36.0 Å². The zero-order valence-electron chi connectivity index (χ0n) is 10.4. The molecule has 0 aromatic heterocycles. The molecule has 2 rings (SSSR count). The maximum atomic E-state index is 11.1. The molecular weight excluding hydrogens is 212 g/mol. The van der Waals surface area contributed by atoms with Crippen molar-refractivity contribution < 1.29 is 9.90 Å². The first-order valence-electron chi connectivity index (χ1n) is 6.27. The number of hydrogen-bond donors (Lipinski definition) is 1. The summed E-state index contributed by atoms with van der Waals surface area (Å²) in [5, 5.41) is 9.11. The number of carboxylic acid groups (broad SMARTS) is 1. The van der Waals surface area contributed by atoms with E-state index in [1.807, 2.05) is 0 Å². The van der Waals surface area contributed by atoms with Crippen molar-refractivity contribution in [3.63, 3.8) is 0 Å². The van der Waals surface area contributed by atoms with Gasteiger partial charge in [-0.2, -0.15) is 0 Å². The molecule has 0 heterocycles. The first-order chi connectivity index (χ1) is 8.00. The van der Waals surface area contributed by atoms with E-state index in [4.69, 9.17) is 5.11 Å². The molecule has 0 spiro atoms. The van der Waals surface area contributed by atoms with Crippen LogP contribution in [0.3, 0.4) is 0 Å². The lowest BCUT2D eigenvalue weighted by Gasteiger charge is -2.41. The summed E-state index contributed by atoms with van der Waals surface area (Å²) in [5.74, 6) is 0.0262. The van der Waals surface area contributed by atoms with Crippen molar-refractivity contribution in [1.29, 1.82) is 0 Å². The van der Waals surface area contributed by atoms with Gasteiger partial charge in [-0.15, -0.1) is 0 Å². The van der Waals surface area contributed by atoms with Gasteiger partial charge >= 0.3 is 5.97 Å². The predicted molar refractivity (Wildman–Crippen MR) is 68.6 cm³/mol. The minimum absolute atomic E-state index is 0.0956. The molecule has 0 bridgehead atoms. The van der Waals surface area contributed by atoms with Crippen molar-refractivity contribution in [3.8, 4) is 0 Å². The largest absolute Gasteiger partial charge is 0.478 e. The quantitative estimate of drug-likeness (QED) is 0.584. The van der Waals surface area contributed by atoms with E-state index in [1.54, 1.807) is 0 Å². The van der Waals surface area contributed by atoms with Crippen LogP contribution in [0.15, 0.2) is 36.0 Å². The molecule has 2 heteroatoms. The van der Waals surface area contributed by atoms with Crippen molar-refractivity contribution in [2.75, 3.05) is 0 Å². The van der Waals surface area contributed by atoms with Gasteiger partial charge in [0.25, 0.3) is 0 Å². The minimum atomic E-state index is -0.849. The second kappa shape index (κ2) is 4.52. The fraction of sp³-hybridized carbons (Fsp3) is 0.533. The lowest BCUT2D eigenvalue weighted by molar-refractivity contribution is -0.133. The van der Waals surface area contributed by atoms with Crippen LogP contribution < -0.4 is 0 Å². The second-order valence-corrected chi connectivity index (χ2v) is 5.37. The fourth-order valence-electron chi connectivity index (χ4n) is 3.26. The number of carboxylic acids is 1. The van der Waals surface area contributed by atoms with E-state index in [1.165, 1.54) is 11.1 Å². The van der Waals surface area contributed by atoms with Crippen molar-refractivity contribution in [2.24, 2.45) is 17.8 Å². The smallest absolute Gasteiger partial charge is 0.331 e. The summed E-state index contributed by atoms with van der Waals surface area (Å²) in [6.45, 7) is 10.0. The fourth-order valence-corrected chi connectivity index (χ4v) is 3.26. The molecule has 1 fully saturated rings. The van der Waals surface area contributed by atoms with Crippen LogP contribution in [0.25, 0.3) is 0 Å². The first-order valence-corrected chi connectivity index (χ1v) is 6.27. The van der Waals surface area contributed by atoms with Crippen LogP contribution in [0.1, 0.15) is 32.6 Å². The van der Waals surface area contributed by atoms with Crippen LogP contribution in [0, 0.1) is 17.8 Å². The molecule has 0 radical (unpaired) electrons. The lowest BCUT2D eigenvalue weighted by atomic mass is 9.63. The number of rotatable bonds is 2. The van der Waals surface area contributed by atoms with Crippen LogP contribution >= 0.6 is 0 Å². The SMILES string of the molecule is C=C1CCC(C(=C)C(=O)O)C2C=C(C)CCC12. The van der Waals surface area contributed by atoms with Gasteiger partial charge < -0.3 is 5.11 Å². The first kappa shape index (κ1) is 12.2. The Bertz CT molecular complexity index is 403. The Morgan fingerprint density at radius 3 is 2.76 bits per heavy atom. The Balaban J connectivity index is 2.29. The Morgan fingerprint density at radius 1 is 1.41 bits per heavy atom. The maximum Gasteiger partial charge on any atom is 0.331 e. The van der Waals surface area contributed by atoms with Gasteiger partial charge in [0.1, 0.15) is 0 Å². The molecule has 2 aliphatic rings. The highest BCUT2D eigenvalue weighted by molar-refractivity contribution is 5.86. The van der Waals surface area contributed by atoms with E-state index >= 15 is 0 Å². The molecule has 0 aromatic rings. The molecule has 2 aliphatic carbocycles. The van der Waals surface area contributed by atoms with Gasteiger partial charge in [-0.25, -0.2) is 4.79 Å². The third-order valence-electron chi connectivity index (χ3n) is 4.28. The molecule has 17 heavy (non-hydrogen) atoms. The van der Waals surface area contributed by atoms with Gasteiger partial charge in [0.2, 0.25) is 0 Å². The molecule has 1 N–H and O–H groups in total. The van der Waals surface area contributed by atoms with E-state index in [0.29, 0.717) is 17.4 Å². The van der Waals surface area contributed by atoms with Crippen LogP contribution in [0.4, 0.5) is 0 Å². The van der Waals surface area contributed by atoms with Crippen LogP contribution in [-0.2, 0) is 4.79 Å². The molecule has 0 saturated heterocycles. The van der Waals surface area contributed by atoms with Gasteiger partial charge in [0, 0.05) is 5.57 Å². The molecule has 92 valence electrons. The number of fused-ring (bicyclic) bond motifs is 1. The number of carbonyl (C=O) groups is 1. The van der Waals surface area contributed by atoms with E-state index in [9.17, 15) is 4.79 Å². The third kappa shape index (κ3) is 2.21. The monoisotopic (exact) mass is 232 g/mol. The highest BCUT2D eigenvalue weighted by atomic mass is 16.4. The Hall–Kier alpha value is -1.31. The Kier molecular flexibility index (Phi) is 3.23. The summed E-state index contributed by atoms with van der Waals surface area (Å²) in [7, 11) is 0. The van der Waals surface area contributed by atoms with E-state index in [-0.39, 0.29) is 5.92 Å². The van der Waals surface area contributed by atoms with Gasteiger partial charge in [-0.05, 0) is 50.4 Å². The lowest BCUT2D eigenvalue weighted by Crippen LogP contribution is -2.33. The van der Waals surface area contributed by atoms with Gasteiger partial charge in [-0.3, -0.25) is 0 Å². The van der Waals surface area contributed by atoms with E-state index in [0.717, 1.165) is 25.7 Å². The summed E-state index contributed by atoms with van der Waals surface area (Å²) in [6, 6.07) is 0. The molecular formula is C15H20O2. The molecule has 0 amide bonds. The van der Waals surface area contributed by atoms with Crippen molar-refractivity contribution in [2.45, 2.75) is 32.6 Å². The van der Waals surface area contributed by atoms with Gasteiger partial charge in [0.15, 0.2) is 0 Å². The van der Waals surface area contributed by atoms with Gasteiger partial charge in [-0.1, -0.05) is 30.4 Å². The van der Waals surface area contributed by atoms with Crippen LogP contribution in [0.2, 0.25) is 0 Å². The Morgan fingerprint density at radius 2 is 2.12 bits per heavy atom. The highest BCUT2D eigenvalue weighted by Gasteiger charge is 2.38. The van der Waals surface area contributed by atoms with Crippen molar-refractivity contribution >= 4 is 5.97 Å². The van der Waals surface area contributed by atoms with Gasteiger partial charge in [0.05, 0.1) is 0 Å². The molecule has 0 aliphatic heterocycles. The molecule has 3 atom stereocenters. The van der Waals surface area contributed by atoms with E-state index in [2.05, 4.69) is 26.2 Å². The maximum absolute atomic E-state index is 11.1. The normalized spacial score (nSPS) is 32.6. The minimum Gasteiger partial charge on any atom is -0.478 e. The average molecular weight is 232 g/mol. The number of hydrogen-bond acceptors (Lipinski definition) is 1. The Labute approximate surface area is 103 Å². The van der Waals surface area contributed by atoms with Crippen LogP contribution in [-0.4, -0.2) is 11.1 Å². The number of aliphatic carboxylic acids is 1. The zero-order valence-corrected chi connectivity index (χ0v) is 10.4.